The van der Waals surface area contributed by atoms with Crippen LogP contribution in [0.2, 0.25) is 0 Å². The number of unbranched alkanes of at least 4 members (excludes halogenated alkanes) is 1. The molecule has 1 aliphatic heterocycles. The lowest BCUT2D eigenvalue weighted by molar-refractivity contribution is 0.00568. The van der Waals surface area contributed by atoms with Crippen molar-refractivity contribution >= 4 is 0 Å². The first-order valence-electron chi connectivity index (χ1n) is 10.5. The minimum absolute atomic E-state index is 0.359. The summed E-state index contributed by atoms with van der Waals surface area (Å²) < 4.78 is 5.48. The molecule has 1 heterocycles. The molecule has 1 saturated heterocycles. The standard InChI is InChI=1S/C13H28N2.C8H16O/c1-6-7-8-15-10-9-14(12(2)3)11-13(15,4)5;1-2-9-8-6-4-3-5-7-8/h12H,6-11H2,1-5H3;8H,2-7H2,1H3. The molecule has 0 aromatic carbocycles. The molecule has 2 rings (SSSR count). The average molecular weight is 341 g/mol. The first kappa shape index (κ1) is 21.9. The zero-order valence-electron chi connectivity index (χ0n) is 17.4. The van der Waals surface area contributed by atoms with Crippen molar-refractivity contribution in [2.75, 3.05) is 32.8 Å². The molecule has 144 valence electrons. The van der Waals surface area contributed by atoms with Gasteiger partial charge >= 0.3 is 0 Å². The Balaban J connectivity index is 0.000000272. The average Bonchev–Trinajstić information content (AvgIpc) is 2.55. The Morgan fingerprint density at radius 2 is 1.71 bits per heavy atom. The van der Waals surface area contributed by atoms with Crippen molar-refractivity contribution in [1.82, 2.24) is 9.80 Å². The summed E-state index contributed by atoms with van der Waals surface area (Å²) in [5, 5.41) is 0. The molecule has 2 aliphatic rings. The summed E-state index contributed by atoms with van der Waals surface area (Å²) in [5.74, 6) is 0. The van der Waals surface area contributed by atoms with E-state index in [1.54, 1.807) is 0 Å². The van der Waals surface area contributed by atoms with Crippen molar-refractivity contribution in [2.24, 2.45) is 0 Å². The highest BCUT2D eigenvalue weighted by atomic mass is 16.5. The lowest BCUT2D eigenvalue weighted by atomic mass is 9.97. The molecule has 0 bridgehead atoms. The van der Waals surface area contributed by atoms with Gasteiger partial charge in [0, 0.05) is 37.8 Å². The molecule has 1 saturated carbocycles. The van der Waals surface area contributed by atoms with Crippen molar-refractivity contribution in [1.29, 1.82) is 0 Å². The van der Waals surface area contributed by atoms with Gasteiger partial charge in [-0.2, -0.15) is 0 Å². The van der Waals surface area contributed by atoms with Crippen LogP contribution < -0.4 is 0 Å². The van der Waals surface area contributed by atoms with Crippen LogP contribution in [0.4, 0.5) is 0 Å². The fourth-order valence-corrected chi connectivity index (χ4v) is 3.90. The van der Waals surface area contributed by atoms with E-state index in [2.05, 4.69) is 51.3 Å². The highest BCUT2D eigenvalue weighted by Gasteiger charge is 2.33. The van der Waals surface area contributed by atoms with Gasteiger partial charge in [0.05, 0.1) is 6.10 Å². The van der Waals surface area contributed by atoms with Crippen molar-refractivity contribution in [3.05, 3.63) is 0 Å². The maximum Gasteiger partial charge on any atom is 0.0575 e. The summed E-state index contributed by atoms with van der Waals surface area (Å²) in [5.41, 5.74) is 0.359. The number of rotatable bonds is 6. The molecule has 0 atom stereocenters. The minimum atomic E-state index is 0.359. The van der Waals surface area contributed by atoms with E-state index >= 15 is 0 Å². The molecular formula is C21H44N2O. The summed E-state index contributed by atoms with van der Waals surface area (Å²) >= 11 is 0. The Morgan fingerprint density at radius 1 is 1.04 bits per heavy atom. The van der Waals surface area contributed by atoms with Gasteiger partial charge in [0.25, 0.3) is 0 Å². The Hall–Kier alpha value is -0.120. The summed E-state index contributed by atoms with van der Waals surface area (Å²) in [6.07, 6.45) is 10.0. The third kappa shape index (κ3) is 7.84. The zero-order valence-corrected chi connectivity index (χ0v) is 17.4. The molecule has 0 unspecified atom stereocenters. The maximum absolute atomic E-state index is 5.48. The zero-order chi connectivity index (χ0) is 18.0. The number of ether oxygens (including phenoxy) is 1. The first-order chi connectivity index (χ1) is 11.4. The van der Waals surface area contributed by atoms with Gasteiger partial charge < -0.3 is 4.74 Å². The molecule has 0 aromatic rings. The van der Waals surface area contributed by atoms with E-state index < -0.39 is 0 Å². The number of hydrogen-bond acceptors (Lipinski definition) is 3. The molecule has 0 N–H and O–H groups in total. The van der Waals surface area contributed by atoms with Gasteiger partial charge in [0.1, 0.15) is 0 Å². The predicted octanol–water partition coefficient (Wildman–Crippen LogP) is 4.95. The molecule has 3 nitrogen and oxygen atoms in total. The van der Waals surface area contributed by atoms with Crippen LogP contribution >= 0.6 is 0 Å². The molecule has 2 fully saturated rings. The van der Waals surface area contributed by atoms with Crippen molar-refractivity contribution in [3.8, 4) is 0 Å². The van der Waals surface area contributed by atoms with Crippen molar-refractivity contribution in [2.45, 2.75) is 104 Å². The quantitative estimate of drug-likeness (QED) is 0.680. The van der Waals surface area contributed by atoms with E-state index in [-0.39, 0.29) is 0 Å². The minimum Gasteiger partial charge on any atom is -0.379 e. The summed E-state index contributed by atoms with van der Waals surface area (Å²) in [7, 11) is 0. The number of piperazine rings is 1. The molecule has 1 aliphatic carbocycles. The molecule has 3 heteroatoms. The smallest absolute Gasteiger partial charge is 0.0575 e. The summed E-state index contributed by atoms with van der Waals surface area (Å²) in [6.45, 7) is 19.6. The molecule has 0 amide bonds. The summed E-state index contributed by atoms with van der Waals surface area (Å²) in [6, 6.07) is 0.692. The van der Waals surface area contributed by atoms with Gasteiger partial charge in [-0.25, -0.2) is 0 Å². The second kappa shape index (κ2) is 11.5. The lowest BCUT2D eigenvalue weighted by Gasteiger charge is -2.48. The first-order valence-corrected chi connectivity index (χ1v) is 10.5. The van der Waals surface area contributed by atoms with Gasteiger partial charge in [-0.05, 0) is 60.4 Å². The van der Waals surface area contributed by atoms with E-state index in [1.807, 2.05) is 0 Å². The lowest BCUT2D eigenvalue weighted by Crippen LogP contribution is -2.60. The van der Waals surface area contributed by atoms with E-state index in [0.717, 1.165) is 6.61 Å². The monoisotopic (exact) mass is 340 g/mol. The molecule has 0 radical (unpaired) electrons. The molecule has 24 heavy (non-hydrogen) atoms. The van der Waals surface area contributed by atoms with E-state index in [4.69, 9.17) is 4.74 Å². The van der Waals surface area contributed by atoms with Gasteiger partial charge in [0.15, 0.2) is 0 Å². The van der Waals surface area contributed by atoms with Crippen LogP contribution in [0.25, 0.3) is 0 Å². The van der Waals surface area contributed by atoms with Crippen molar-refractivity contribution in [3.63, 3.8) is 0 Å². The normalized spacial score (nSPS) is 23.1. The van der Waals surface area contributed by atoms with Crippen LogP contribution in [-0.4, -0.2) is 60.3 Å². The third-order valence-corrected chi connectivity index (χ3v) is 5.57. The van der Waals surface area contributed by atoms with Gasteiger partial charge in [0.2, 0.25) is 0 Å². The van der Waals surface area contributed by atoms with Gasteiger partial charge in [-0.3, -0.25) is 9.80 Å². The predicted molar refractivity (Wildman–Crippen MR) is 106 cm³/mol. The number of hydrogen-bond donors (Lipinski definition) is 0. The van der Waals surface area contributed by atoms with Crippen LogP contribution in [0, 0.1) is 0 Å². The van der Waals surface area contributed by atoms with Gasteiger partial charge in [-0.15, -0.1) is 0 Å². The Morgan fingerprint density at radius 3 is 2.21 bits per heavy atom. The van der Waals surface area contributed by atoms with Crippen LogP contribution in [-0.2, 0) is 4.74 Å². The van der Waals surface area contributed by atoms with Crippen LogP contribution in [0.5, 0.6) is 0 Å². The number of nitrogens with zero attached hydrogens (tertiary/aromatic N) is 2. The fraction of sp³-hybridized carbons (Fsp3) is 1.00. The molecular weight excluding hydrogens is 296 g/mol. The van der Waals surface area contributed by atoms with E-state index in [1.165, 1.54) is 71.1 Å². The topological polar surface area (TPSA) is 15.7 Å². The third-order valence-electron chi connectivity index (χ3n) is 5.57. The second-order valence-corrected chi connectivity index (χ2v) is 8.43. The van der Waals surface area contributed by atoms with Crippen molar-refractivity contribution < 1.29 is 4.74 Å². The van der Waals surface area contributed by atoms with Crippen LogP contribution in [0.15, 0.2) is 0 Å². The Bertz CT molecular complexity index is 308. The largest absolute Gasteiger partial charge is 0.379 e. The highest BCUT2D eigenvalue weighted by Crippen LogP contribution is 2.22. The second-order valence-electron chi connectivity index (χ2n) is 8.43. The molecule has 0 spiro atoms. The van der Waals surface area contributed by atoms with E-state index in [0.29, 0.717) is 17.7 Å². The van der Waals surface area contributed by atoms with E-state index in [9.17, 15) is 0 Å². The van der Waals surface area contributed by atoms with Crippen LogP contribution in [0.1, 0.15) is 86.5 Å². The summed E-state index contributed by atoms with van der Waals surface area (Å²) in [4.78, 5) is 5.26. The SMILES string of the molecule is CCCCN1CCN(C(C)C)CC1(C)C.CCOC1CCCCC1. The fourth-order valence-electron chi connectivity index (χ4n) is 3.90. The Kier molecular flexibility index (Phi) is 10.5. The van der Waals surface area contributed by atoms with Crippen LogP contribution in [0.3, 0.4) is 0 Å². The maximum atomic E-state index is 5.48. The highest BCUT2D eigenvalue weighted by molar-refractivity contribution is 4.90. The van der Waals surface area contributed by atoms with Gasteiger partial charge in [-0.1, -0.05) is 32.6 Å². The molecule has 0 aromatic heterocycles. The Labute approximate surface area is 152 Å².